The molecule has 1 aliphatic rings. The van der Waals surface area contributed by atoms with Crippen molar-refractivity contribution in [3.8, 4) is 0 Å². The first-order chi connectivity index (χ1) is 18.9. The lowest BCUT2D eigenvalue weighted by molar-refractivity contribution is -0.128. The van der Waals surface area contributed by atoms with Gasteiger partial charge < -0.3 is 10.2 Å². The van der Waals surface area contributed by atoms with Crippen molar-refractivity contribution in [2.45, 2.75) is 16.7 Å². The molecule has 10 heteroatoms. The van der Waals surface area contributed by atoms with Gasteiger partial charge in [-0.1, -0.05) is 42.5 Å². The van der Waals surface area contributed by atoms with E-state index in [1.54, 1.807) is 42.2 Å². The molecular weight excluding hydrogens is 532 g/mol. The molecule has 3 aromatic carbocycles. The van der Waals surface area contributed by atoms with Gasteiger partial charge in [-0.2, -0.15) is 0 Å². The molecule has 5 rings (SSSR count). The Morgan fingerprint density at radius 2 is 1.67 bits per heavy atom. The molecule has 0 radical (unpaired) electrons. The Bertz CT molecular complexity index is 1550. The number of nitrogens with zero attached hydrogens (tertiary/aromatic N) is 2. The number of hydrogen-bond donors (Lipinski definition) is 2. The number of carbonyl (C=O) groups excluding carboxylic acids is 2. The summed E-state index contributed by atoms with van der Waals surface area (Å²) < 4.78 is 27.7. The number of thioether (sulfide) groups is 1. The highest BCUT2D eigenvalue weighted by Crippen LogP contribution is 2.38. The molecular formula is C29H26N4O4S2. The van der Waals surface area contributed by atoms with E-state index in [0.29, 0.717) is 29.2 Å². The van der Waals surface area contributed by atoms with Gasteiger partial charge in [0.1, 0.15) is 5.37 Å². The number of anilines is 2. The number of nitrogens with one attached hydrogen (secondary N) is 2. The lowest BCUT2D eigenvalue weighted by Crippen LogP contribution is -2.30. The summed E-state index contributed by atoms with van der Waals surface area (Å²) in [4.78, 5) is 31.2. The second kappa shape index (κ2) is 11.7. The summed E-state index contributed by atoms with van der Waals surface area (Å²) in [6.07, 6.45) is 3.76. The van der Waals surface area contributed by atoms with E-state index in [1.807, 2.05) is 35.2 Å². The first kappa shape index (κ1) is 26.5. The Hall–Kier alpha value is -4.15. The van der Waals surface area contributed by atoms with Crippen LogP contribution >= 0.6 is 11.8 Å². The van der Waals surface area contributed by atoms with Crippen molar-refractivity contribution >= 4 is 45.0 Å². The molecule has 39 heavy (non-hydrogen) atoms. The van der Waals surface area contributed by atoms with Gasteiger partial charge >= 0.3 is 0 Å². The van der Waals surface area contributed by atoms with Crippen LogP contribution in [0.2, 0.25) is 0 Å². The van der Waals surface area contributed by atoms with Crippen LogP contribution in [0.15, 0.2) is 108 Å². The van der Waals surface area contributed by atoms with Gasteiger partial charge in [-0.05, 0) is 66.1 Å². The number of hydrogen-bond acceptors (Lipinski definition) is 6. The van der Waals surface area contributed by atoms with Crippen molar-refractivity contribution in [3.63, 3.8) is 0 Å². The molecule has 0 saturated carbocycles. The highest BCUT2D eigenvalue weighted by Gasteiger charge is 2.32. The van der Waals surface area contributed by atoms with Gasteiger partial charge in [-0.3, -0.25) is 19.3 Å². The van der Waals surface area contributed by atoms with Crippen molar-refractivity contribution in [1.82, 2.24) is 9.88 Å². The van der Waals surface area contributed by atoms with Gasteiger partial charge in [0.15, 0.2) is 0 Å². The molecule has 0 unspecified atom stereocenters. The minimum absolute atomic E-state index is 0.0640. The van der Waals surface area contributed by atoms with Gasteiger partial charge in [0.2, 0.25) is 5.91 Å². The number of amides is 2. The Morgan fingerprint density at radius 1 is 0.923 bits per heavy atom. The molecule has 1 saturated heterocycles. The first-order valence-electron chi connectivity index (χ1n) is 12.3. The number of benzene rings is 3. The van der Waals surface area contributed by atoms with E-state index >= 15 is 0 Å². The number of pyridine rings is 1. The number of rotatable bonds is 9. The summed E-state index contributed by atoms with van der Waals surface area (Å²) in [6, 6.07) is 26.5. The smallest absolute Gasteiger partial charge is 0.261 e. The Balaban J connectivity index is 1.21. The molecule has 2 N–H and O–H groups in total. The molecule has 2 heterocycles. The van der Waals surface area contributed by atoms with Crippen molar-refractivity contribution in [2.24, 2.45) is 0 Å². The van der Waals surface area contributed by atoms with Crippen LogP contribution in [0.3, 0.4) is 0 Å². The van der Waals surface area contributed by atoms with Crippen LogP contribution in [-0.4, -0.2) is 42.4 Å². The predicted molar refractivity (Wildman–Crippen MR) is 153 cm³/mol. The van der Waals surface area contributed by atoms with Crippen molar-refractivity contribution < 1.29 is 18.0 Å². The molecule has 1 atom stereocenters. The van der Waals surface area contributed by atoms with Gasteiger partial charge in [0.05, 0.1) is 22.5 Å². The van der Waals surface area contributed by atoms with Crippen LogP contribution in [0.1, 0.15) is 26.9 Å². The number of sulfonamides is 1. The zero-order chi connectivity index (χ0) is 27.2. The lowest BCUT2D eigenvalue weighted by Gasteiger charge is -2.24. The summed E-state index contributed by atoms with van der Waals surface area (Å²) in [6.45, 7) is 0.631. The molecule has 0 aliphatic carbocycles. The third kappa shape index (κ3) is 6.47. The quantitative estimate of drug-likeness (QED) is 0.301. The van der Waals surface area contributed by atoms with E-state index in [4.69, 9.17) is 0 Å². The SMILES string of the molecule is O=C(Nc1ccc(S(=O)(=O)Nc2cccnc2)cc1)c1ccc([C@H]2SCC(=O)N2CCc2ccccc2)cc1. The normalized spacial score (nSPS) is 15.2. The lowest BCUT2D eigenvalue weighted by atomic mass is 10.1. The standard InChI is InChI=1S/C29H26N4O4S2/c34-27-20-38-29(33(27)18-16-21-5-2-1-3-6-21)23-10-8-22(9-11-23)28(35)31-24-12-14-26(15-13-24)39(36,37)32-25-7-4-17-30-19-25/h1-15,17,19,29,32H,16,18,20H2,(H,31,35)/t29-/m1/s1. The van der Waals surface area contributed by atoms with E-state index in [2.05, 4.69) is 27.2 Å². The maximum Gasteiger partial charge on any atom is 0.261 e. The highest BCUT2D eigenvalue weighted by atomic mass is 32.2. The number of aromatic nitrogens is 1. The fraction of sp³-hybridized carbons (Fsp3) is 0.138. The van der Waals surface area contributed by atoms with Gasteiger partial charge in [-0.25, -0.2) is 8.42 Å². The average Bonchev–Trinajstić information content (AvgIpc) is 3.33. The van der Waals surface area contributed by atoms with Crippen LogP contribution in [0, 0.1) is 0 Å². The summed E-state index contributed by atoms with van der Waals surface area (Å²) in [5.74, 6) is 0.233. The third-order valence-corrected chi connectivity index (χ3v) is 8.90. The second-order valence-corrected chi connectivity index (χ2v) is 11.7. The van der Waals surface area contributed by atoms with Crippen molar-refractivity contribution in [3.05, 3.63) is 120 Å². The summed E-state index contributed by atoms with van der Waals surface area (Å²) in [5.41, 5.74) is 3.43. The minimum atomic E-state index is -3.78. The van der Waals surface area contributed by atoms with Crippen LogP contribution in [0.4, 0.5) is 11.4 Å². The van der Waals surface area contributed by atoms with Crippen LogP contribution in [-0.2, 0) is 21.2 Å². The highest BCUT2D eigenvalue weighted by molar-refractivity contribution is 8.00. The Kier molecular flexibility index (Phi) is 7.94. The molecule has 2 amide bonds. The Labute approximate surface area is 231 Å². The maximum absolute atomic E-state index is 12.8. The fourth-order valence-corrected chi connectivity index (χ4v) is 6.49. The van der Waals surface area contributed by atoms with Crippen LogP contribution in [0.5, 0.6) is 0 Å². The van der Waals surface area contributed by atoms with E-state index < -0.39 is 10.0 Å². The molecule has 8 nitrogen and oxygen atoms in total. The van der Waals surface area contributed by atoms with Gasteiger partial charge in [-0.15, -0.1) is 11.8 Å². The summed E-state index contributed by atoms with van der Waals surface area (Å²) in [7, 11) is -3.78. The molecule has 1 fully saturated rings. The fourth-order valence-electron chi connectivity index (χ4n) is 4.22. The Morgan fingerprint density at radius 3 is 2.36 bits per heavy atom. The topological polar surface area (TPSA) is 108 Å². The van der Waals surface area contributed by atoms with Crippen LogP contribution in [0.25, 0.3) is 0 Å². The van der Waals surface area contributed by atoms with Crippen LogP contribution < -0.4 is 10.0 Å². The molecule has 198 valence electrons. The third-order valence-electron chi connectivity index (χ3n) is 6.25. The average molecular weight is 559 g/mol. The molecule has 1 aromatic heterocycles. The zero-order valence-corrected chi connectivity index (χ0v) is 22.5. The predicted octanol–water partition coefficient (Wildman–Crippen LogP) is 4.95. The van der Waals surface area contributed by atoms with Gasteiger partial charge in [0.25, 0.3) is 15.9 Å². The molecule has 0 spiro atoms. The number of carbonyl (C=O) groups is 2. The van der Waals surface area contributed by atoms with Crippen molar-refractivity contribution in [2.75, 3.05) is 22.3 Å². The van der Waals surface area contributed by atoms with E-state index in [1.165, 1.54) is 36.0 Å². The summed E-state index contributed by atoms with van der Waals surface area (Å²) >= 11 is 1.59. The molecule has 1 aliphatic heterocycles. The zero-order valence-electron chi connectivity index (χ0n) is 20.9. The molecule has 4 aromatic rings. The van der Waals surface area contributed by atoms with Crippen molar-refractivity contribution in [1.29, 1.82) is 0 Å². The maximum atomic E-state index is 12.8. The molecule has 0 bridgehead atoms. The monoisotopic (exact) mass is 558 g/mol. The van der Waals surface area contributed by atoms with Gasteiger partial charge in [0, 0.05) is 24.0 Å². The van der Waals surface area contributed by atoms with E-state index in [0.717, 1.165) is 12.0 Å². The first-order valence-corrected chi connectivity index (χ1v) is 14.8. The van der Waals surface area contributed by atoms with E-state index in [9.17, 15) is 18.0 Å². The minimum Gasteiger partial charge on any atom is -0.326 e. The van der Waals surface area contributed by atoms with E-state index in [-0.39, 0.29) is 22.1 Å². The summed E-state index contributed by atoms with van der Waals surface area (Å²) in [5, 5.41) is 2.71. The second-order valence-electron chi connectivity index (χ2n) is 8.93. The largest absolute Gasteiger partial charge is 0.326 e.